The van der Waals surface area contributed by atoms with Gasteiger partial charge in [-0.3, -0.25) is 4.79 Å². The number of nitrogens with one attached hydrogen (secondary N) is 2. The van der Waals surface area contributed by atoms with Crippen molar-refractivity contribution in [1.29, 1.82) is 0 Å². The van der Waals surface area contributed by atoms with Crippen LogP contribution in [0.5, 0.6) is 0 Å². The SMILES string of the molecule is COCCNC(=O)c1ccnc(NCCN(C)C)c1. The molecule has 0 radical (unpaired) electrons. The van der Waals surface area contributed by atoms with Gasteiger partial charge < -0.3 is 20.3 Å². The number of likely N-dealkylation sites (N-methyl/N-ethyl adjacent to an activating group) is 1. The van der Waals surface area contributed by atoms with Gasteiger partial charge in [-0.25, -0.2) is 4.98 Å². The number of rotatable bonds is 8. The molecule has 0 saturated heterocycles. The van der Waals surface area contributed by atoms with E-state index in [1.807, 2.05) is 14.1 Å². The first kappa shape index (κ1) is 15.4. The third-order valence-electron chi connectivity index (χ3n) is 2.48. The van der Waals surface area contributed by atoms with Crippen LogP contribution in [0.4, 0.5) is 5.82 Å². The van der Waals surface area contributed by atoms with Crippen LogP contribution in [0.2, 0.25) is 0 Å². The molecule has 19 heavy (non-hydrogen) atoms. The Morgan fingerprint density at radius 2 is 2.21 bits per heavy atom. The molecular weight excluding hydrogens is 244 g/mol. The Labute approximate surface area is 114 Å². The van der Waals surface area contributed by atoms with Gasteiger partial charge in [-0.1, -0.05) is 0 Å². The van der Waals surface area contributed by atoms with Crippen LogP contribution in [0.25, 0.3) is 0 Å². The Hall–Kier alpha value is -1.66. The van der Waals surface area contributed by atoms with E-state index in [2.05, 4.69) is 20.5 Å². The molecule has 2 N–H and O–H groups in total. The fourth-order valence-corrected chi connectivity index (χ4v) is 1.44. The summed E-state index contributed by atoms with van der Waals surface area (Å²) in [6, 6.07) is 3.44. The van der Waals surface area contributed by atoms with Crippen molar-refractivity contribution >= 4 is 11.7 Å². The molecule has 0 fully saturated rings. The van der Waals surface area contributed by atoms with E-state index in [0.717, 1.165) is 13.1 Å². The third kappa shape index (κ3) is 6.17. The van der Waals surface area contributed by atoms with Crippen molar-refractivity contribution in [1.82, 2.24) is 15.2 Å². The van der Waals surface area contributed by atoms with Crippen LogP contribution in [0.15, 0.2) is 18.3 Å². The molecule has 0 saturated carbocycles. The number of pyridine rings is 1. The minimum absolute atomic E-state index is 0.116. The molecule has 0 atom stereocenters. The Kier molecular flexibility index (Phi) is 6.84. The van der Waals surface area contributed by atoms with Gasteiger partial charge in [0.2, 0.25) is 0 Å². The Balaban J connectivity index is 2.48. The van der Waals surface area contributed by atoms with E-state index in [1.165, 1.54) is 0 Å². The molecular formula is C13H22N4O2. The Morgan fingerprint density at radius 1 is 1.42 bits per heavy atom. The maximum atomic E-state index is 11.8. The van der Waals surface area contributed by atoms with E-state index in [-0.39, 0.29) is 5.91 Å². The molecule has 1 aromatic rings. The summed E-state index contributed by atoms with van der Waals surface area (Å²) in [7, 11) is 5.62. The quantitative estimate of drug-likeness (QED) is 0.668. The number of hydrogen-bond donors (Lipinski definition) is 2. The van der Waals surface area contributed by atoms with Crippen LogP contribution in [0.1, 0.15) is 10.4 Å². The summed E-state index contributed by atoms with van der Waals surface area (Å²) < 4.78 is 4.88. The molecule has 106 valence electrons. The van der Waals surface area contributed by atoms with Crippen LogP contribution in [-0.4, -0.2) is 63.2 Å². The highest BCUT2D eigenvalue weighted by Crippen LogP contribution is 2.06. The highest BCUT2D eigenvalue weighted by atomic mass is 16.5. The minimum atomic E-state index is -0.116. The largest absolute Gasteiger partial charge is 0.383 e. The van der Waals surface area contributed by atoms with Gasteiger partial charge in [-0.15, -0.1) is 0 Å². The molecule has 0 aliphatic carbocycles. The summed E-state index contributed by atoms with van der Waals surface area (Å²) in [5.74, 6) is 0.594. The molecule has 1 heterocycles. The van der Waals surface area contributed by atoms with Gasteiger partial charge in [0.1, 0.15) is 5.82 Å². The molecule has 0 aromatic carbocycles. The molecule has 0 unspecified atom stereocenters. The average molecular weight is 266 g/mol. The van der Waals surface area contributed by atoms with E-state index in [4.69, 9.17) is 4.74 Å². The summed E-state index contributed by atoms with van der Waals surface area (Å²) in [6.07, 6.45) is 1.63. The highest BCUT2D eigenvalue weighted by Gasteiger charge is 2.06. The predicted octanol–water partition coefficient (Wildman–Crippen LogP) is 0.431. The van der Waals surface area contributed by atoms with Crippen LogP contribution in [0.3, 0.4) is 0 Å². The summed E-state index contributed by atoms with van der Waals surface area (Å²) in [5.41, 5.74) is 0.596. The molecule has 1 rings (SSSR count). The van der Waals surface area contributed by atoms with Gasteiger partial charge in [0.15, 0.2) is 0 Å². The van der Waals surface area contributed by atoms with Crippen molar-refractivity contribution in [3.8, 4) is 0 Å². The van der Waals surface area contributed by atoms with Gasteiger partial charge in [-0.2, -0.15) is 0 Å². The fraction of sp³-hybridized carbons (Fsp3) is 0.538. The van der Waals surface area contributed by atoms with E-state index in [0.29, 0.717) is 24.5 Å². The van der Waals surface area contributed by atoms with Crippen LogP contribution < -0.4 is 10.6 Å². The monoisotopic (exact) mass is 266 g/mol. The molecule has 0 aliphatic rings. The van der Waals surface area contributed by atoms with E-state index < -0.39 is 0 Å². The first-order chi connectivity index (χ1) is 9.13. The van der Waals surface area contributed by atoms with Crippen LogP contribution in [0, 0.1) is 0 Å². The predicted molar refractivity (Wildman–Crippen MR) is 75.5 cm³/mol. The third-order valence-corrected chi connectivity index (χ3v) is 2.48. The Bertz CT molecular complexity index is 396. The lowest BCUT2D eigenvalue weighted by atomic mass is 10.2. The second-order valence-corrected chi connectivity index (χ2v) is 4.41. The lowest BCUT2D eigenvalue weighted by Crippen LogP contribution is -2.27. The van der Waals surface area contributed by atoms with Gasteiger partial charge in [0.25, 0.3) is 5.91 Å². The standard InChI is InChI=1S/C13H22N4O2/c1-17(2)8-6-15-12-10-11(4-5-14-12)13(18)16-7-9-19-3/h4-5,10H,6-9H2,1-3H3,(H,14,15)(H,16,18). The van der Waals surface area contributed by atoms with Crippen molar-refractivity contribution < 1.29 is 9.53 Å². The summed E-state index contributed by atoms with van der Waals surface area (Å²) in [5, 5.41) is 5.95. The lowest BCUT2D eigenvalue weighted by Gasteiger charge is -2.11. The first-order valence-electron chi connectivity index (χ1n) is 6.25. The van der Waals surface area contributed by atoms with E-state index >= 15 is 0 Å². The summed E-state index contributed by atoms with van der Waals surface area (Å²) in [4.78, 5) is 18.1. The van der Waals surface area contributed by atoms with Gasteiger partial charge in [-0.05, 0) is 26.2 Å². The van der Waals surface area contributed by atoms with E-state index in [9.17, 15) is 4.79 Å². The zero-order chi connectivity index (χ0) is 14.1. The van der Waals surface area contributed by atoms with Crippen molar-refractivity contribution in [2.75, 3.05) is 52.8 Å². The van der Waals surface area contributed by atoms with Crippen molar-refractivity contribution in [2.45, 2.75) is 0 Å². The second-order valence-electron chi connectivity index (χ2n) is 4.41. The maximum absolute atomic E-state index is 11.8. The number of aromatic nitrogens is 1. The maximum Gasteiger partial charge on any atom is 0.251 e. The number of carbonyl (C=O) groups is 1. The number of amides is 1. The molecule has 0 bridgehead atoms. The summed E-state index contributed by atoms with van der Waals surface area (Å²) in [6.45, 7) is 2.70. The van der Waals surface area contributed by atoms with Crippen molar-refractivity contribution in [3.63, 3.8) is 0 Å². The van der Waals surface area contributed by atoms with Gasteiger partial charge in [0, 0.05) is 38.5 Å². The molecule has 0 aliphatic heterocycles. The summed E-state index contributed by atoms with van der Waals surface area (Å²) >= 11 is 0. The van der Waals surface area contributed by atoms with Crippen molar-refractivity contribution in [2.24, 2.45) is 0 Å². The number of hydrogen-bond acceptors (Lipinski definition) is 5. The molecule has 6 heteroatoms. The second kappa shape index (κ2) is 8.44. The molecule has 1 aromatic heterocycles. The molecule has 0 spiro atoms. The average Bonchev–Trinajstić information content (AvgIpc) is 2.39. The van der Waals surface area contributed by atoms with Crippen molar-refractivity contribution in [3.05, 3.63) is 23.9 Å². The number of methoxy groups -OCH3 is 1. The Morgan fingerprint density at radius 3 is 2.89 bits per heavy atom. The molecule has 6 nitrogen and oxygen atoms in total. The van der Waals surface area contributed by atoms with E-state index in [1.54, 1.807) is 25.4 Å². The lowest BCUT2D eigenvalue weighted by molar-refractivity contribution is 0.0937. The number of anilines is 1. The zero-order valence-corrected chi connectivity index (χ0v) is 11.8. The number of carbonyl (C=O) groups excluding carboxylic acids is 1. The number of nitrogens with zero attached hydrogens (tertiary/aromatic N) is 2. The fourth-order valence-electron chi connectivity index (χ4n) is 1.44. The van der Waals surface area contributed by atoms with Gasteiger partial charge in [0.05, 0.1) is 6.61 Å². The van der Waals surface area contributed by atoms with Gasteiger partial charge >= 0.3 is 0 Å². The first-order valence-corrected chi connectivity index (χ1v) is 6.25. The zero-order valence-electron chi connectivity index (χ0n) is 11.8. The smallest absolute Gasteiger partial charge is 0.251 e. The topological polar surface area (TPSA) is 66.5 Å². The normalized spacial score (nSPS) is 10.5. The van der Waals surface area contributed by atoms with Crippen LogP contribution >= 0.6 is 0 Å². The molecule has 1 amide bonds. The van der Waals surface area contributed by atoms with Crippen LogP contribution in [-0.2, 0) is 4.74 Å². The highest BCUT2D eigenvalue weighted by molar-refractivity contribution is 5.94. The minimum Gasteiger partial charge on any atom is -0.383 e. The number of ether oxygens (including phenoxy) is 1.